The summed E-state index contributed by atoms with van der Waals surface area (Å²) >= 11 is 0. The Balaban J connectivity index is 2.29. The number of carboxylic acids is 1. The molecule has 1 aromatic heterocycles. The Labute approximate surface area is 95.4 Å². The van der Waals surface area contributed by atoms with Gasteiger partial charge >= 0.3 is 5.97 Å². The van der Waals surface area contributed by atoms with Crippen molar-refractivity contribution in [3.63, 3.8) is 0 Å². The van der Waals surface area contributed by atoms with Crippen LogP contribution in [0.4, 0.5) is 8.78 Å². The second-order valence-corrected chi connectivity index (χ2v) is 3.76. The summed E-state index contributed by atoms with van der Waals surface area (Å²) in [5.74, 6) is -2.36. The number of aromatic nitrogens is 1. The average Bonchev–Trinajstić information content (AvgIpc) is 2.75. The molecule has 0 spiro atoms. The van der Waals surface area contributed by atoms with Gasteiger partial charge in [-0.2, -0.15) is 0 Å². The molecule has 0 saturated carbocycles. The molecule has 1 aromatic rings. The van der Waals surface area contributed by atoms with Crippen molar-refractivity contribution >= 4 is 5.97 Å². The van der Waals surface area contributed by atoms with Gasteiger partial charge in [-0.15, -0.1) is 0 Å². The van der Waals surface area contributed by atoms with E-state index in [9.17, 15) is 13.6 Å². The maximum Gasteiger partial charge on any atom is 0.374 e. The van der Waals surface area contributed by atoms with E-state index in [-0.39, 0.29) is 11.8 Å². The fraction of sp³-hybridized carbons (Fsp3) is 0.600. The Bertz CT molecular complexity index is 412. The van der Waals surface area contributed by atoms with Crippen LogP contribution in [0.25, 0.3) is 0 Å². The van der Waals surface area contributed by atoms with Crippen LogP contribution in [0.1, 0.15) is 47.3 Å². The minimum absolute atomic E-state index is 0.0704. The Kier molecular flexibility index (Phi) is 3.37. The maximum atomic E-state index is 12.6. The Morgan fingerprint density at radius 1 is 1.41 bits per heavy atom. The van der Waals surface area contributed by atoms with E-state index in [1.54, 1.807) is 0 Å². The number of hydrogen-bond acceptors (Lipinski definition) is 4. The second-order valence-electron chi connectivity index (χ2n) is 3.76. The minimum atomic E-state index is -2.95. The van der Waals surface area contributed by atoms with Gasteiger partial charge in [0.1, 0.15) is 0 Å². The average molecular weight is 247 g/mol. The normalized spacial score (nSPS) is 17.6. The fourth-order valence-corrected chi connectivity index (χ4v) is 1.77. The van der Waals surface area contributed by atoms with E-state index in [1.807, 2.05) is 0 Å². The molecule has 1 aliphatic rings. The number of alkyl halides is 2. The lowest BCUT2D eigenvalue weighted by molar-refractivity contribution is 0.0633. The monoisotopic (exact) mass is 247 g/mol. The van der Waals surface area contributed by atoms with Crippen LogP contribution in [-0.2, 0) is 4.74 Å². The lowest BCUT2D eigenvalue weighted by Gasteiger charge is -2.18. The van der Waals surface area contributed by atoms with Crippen LogP contribution in [0.15, 0.2) is 4.42 Å². The van der Waals surface area contributed by atoms with E-state index in [0.717, 1.165) is 0 Å². The fourth-order valence-electron chi connectivity index (χ4n) is 1.77. The summed E-state index contributed by atoms with van der Waals surface area (Å²) in [4.78, 5) is 14.3. The largest absolute Gasteiger partial charge is 0.475 e. The van der Waals surface area contributed by atoms with Crippen LogP contribution in [0, 0.1) is 0 Å². The summed E-state index contributed by atoms with van der Waals surface area (Å²) < 4.78 is 35.2. The molecule has 2 heterocycles. The summed E-state index contributed by atoms with van der Waals surface area (Å²) in [6, 6.07) is 0. The van der Waals surface area contributed by atoms with Crippen LogP contribution in [0.3, 0.4) is 0 Å². The number of rotatable bonds is 3. The van der Waals surface area contributed by atoms with Crippen LogP contribution < -0.4 is 0 Å². The van der Waals surface area contributed by atoms with E-state index < -0.39 is 23.8 Å². The van der Waals surface area contributed by atoms with Crippen molar-refractivity contribution in [3.05, 3.63) is 17.3 Å². The predicted octanol–water partition coefficient (Wildman–Crippen LogP) is 2.20. The summed E-state index contributed by atoms with van der Waals surface area (Å²) in [7, 11) is 0. The molecule has 0 unspecified atom stereocenters. The topological polar surface area (TPSA) is 72.6 Å². The van der Waals surface area contributed by atoms with Crippen molar-refractivity contribution < 1.29 is 27.8 Å². The number of nitrogens with zero attached hydrogens (tertiary/aromatic N) is 1. The number of oxazole rings is 1. The third-order valence-corrected chi connectivity index (χ3v) is 2.64. The van der Waals surface area contributed by atoms with Crippen molar-refractivity contribution in [2.75, 3.05) is 13.2 Å². The molecule has 1 fully saturated rings. The Morgan fingerprint density at radius 3 is 2.53 bits per heavy atom. The standard InChI is InChI=1S/C10H11F2NO4/c11-8(12)6-7(10(14)15)17-9(13-6)5-1-3-16-4-2-5/h5,8H,1-4H2,(H,14,15). The molecule has 1 N–H and O–H groups in total. The first-order valence-electron chi connectivity index (χ1n) is 5.19. The van der Waals surface area contributed by atoms with Gasteiger partial charge in [0, 0.05) is 19.1 Å². The zero-order chi connectivity index (χ0) is 12.4. The molecule has 0 bridgehead atoms. The number of halogens is 2. The molecule has 0 aromatic carbocycles. The smallest absolute Gasteiger partial charge is 0.374 e. The van der Waals surface area contributed by atoms with Crippen LogP contribution >= 0.6 is 0 Å². The summed E-state index contributed by atoms with van der Waals surface area (Å²) in [6.07, 6.45) is -1.75. The highest BCUT2D eigenvalue weighted by molar-refractivity contribution is 5.85. The van der Waals surface area contributed by atoms with Gasteiger partial charge in [0.05, 0.1) is 0 Å². The van der Waals surface area contributed by atoms with E-state index in [2.05, 4.69) is 4.98 Å². The van der Waals surface area contributed by atoms with Crippen LogP contribution in [-0.4, -0.2) is 29.3 Å². The first-order valence-corrected chi connectivity index (χ1v) is 5.19. The van der Waals surface area contributed by atoms with E-state index in [4.69, 9.17) is 14.3 Å². The summed E-state index contributed by atoms with van der Waals surface area (Å²) in [6.45, 7) is 0.999. The SMILES string of the molecule is O=C(O)c1oc(C2CCOCC2)nc1C(F)F. The molecule has 94 valence electrons. The Morgan fingerprint density at radius 2 is 2.06 bits per heavy atom. The molecule has 1 aliphatic heterocycles. The third-order valence-electron chi connectivity index (χ3n) is 2.64. The molecule has 2 rings (SSSR count). The molecular weight excluding hydrogens is 236 g/mol. The van der Waals surface area contributed by atoms with Gasteiger partial charge in [0.25, 0.3) is 6.43 Å². The van der Waals surface area contributed by atoms with Crippen molar-refractivity contribution in [1.29, 1.82) is 0 Å². The van der Waals surface area contributed by atoms with Crippen molar-refractivity contribution in [1.82, 2.24) is 4.98 Å². The zero-order valence-electron chi connectivity index (χ0n) is 8.86. The lowest BCUT2D eigenvalue weighted by atomic mass is 10.0. The molecule has 0 atom stereocenters. The van der Waals surface area contributed by atoms with E-state index >= 15 is 0 Å². The quantitative estimate of drug-likeness (QED) is 0.886. The maximum absolute atomic E-state index is 12.6. The lowest BCUT2D eigenvalue weighted by Crippen LogP contribution is -2.14. The number of hydrogen-bond donors (Lipinski definition) is 1. The second kappa shape index (κ2) is 4.79. The molecule has 17 heavy (non-hydrogen) atoms. The van der Waals surface area contributed by atoms with Gasteiger partial charge in [-0.25, -0.2) is 18.6 Å². The summed E-state index contributed by atoms with van der Waals surface area (Å²) in [5, 5.41) is 8.73. The molecule has 0 radical (unpaired) electrons. The number of ether oxygens (including phenoxy) is 1. The van der Waals surface area contributed by atoms with Gasteiger partial charge in [-0.05, 0) is 12.8 Å². The van der Waals surface area contributed by atoms with Gasteiger partial charge in [-0.1, -0.05) is 0 Å². The first-order chi connectivity index (χ1) is 8.09. The molecule has 7 heteroatoms. The van der Waals surface area contributed by atoms with E-state index in [1.165, 1.54) is 0 Å². The number of carbonyl (C=O) groups is 1. The van der Waals surface area contributed by atoms with Crippen molar-refractivity contribution in [2.45, 2.75) is 25.2 Å². The third kappa shape index (κ3) is 2.44. The molecule has 0 amide bonds. The van der Waals surface area contributed by atoms with Crippen LogP contribution in [0.2, 0.25) is 0 Å². The molecular formula is C10H11F2NO4. The van der Waals surface area contributed by atoms with Gasteiger partial charge < -0.3 is 14.3 Å². The highest BCUT2D eigenvalue weighted by Crippen LogP contribution is 2.31. The van der Waals surface area contributed by atoms with E-state index in [0.29, 0.717) is 26.1 Å². The van der Waals surface area contributed by atoms with Crippen molar-refractivity contribution in [3.8, 4) is 0 Å². The number of carboxylic acid groups (broad SMARTS) is 1. The molecule has 0 aliphatic carbocycles. The highest BCUT2D eigenvalue weighted by atomic mass is 19.3. The minimum Gasteiger partial charge on any atom is -0.475 e. The molecule has 1 saturated heterocycles. The predicted molar refractivity (Wildman–Crippen MR) is 51.2 cm³/mol. The van der Waals surface area contributed by atoms with Gasteiger partial charge in [-0.3, -0.25) is 0 Å². The highest BCUT2D eigenvalue weighted by Gasteiger charge is 2.29. The van der Waals surface area contributed by atoms with Gasteiger partial charge in [0.2, 0.25) is 5.76 Å². The summed E-state index contributed by atoms with van der Waals surface area (Å²) in [5.41, 5.74) is -0.793. The van der Waals surface area contributed by atoms with Gasteiger partial charge in [0.15, 0.2) is 11.6 Å². The Hall–Kier alpha value is -1.50. The van der Waals surface area contributed by atoms with Crippen molar-refractivity contribution in [2.24, 2.45) is 0 Å². The molecule has 5 nitrogen and oxygen atoms in total. The first kappa shape index (κ1) is 12.0. The zero-order valence-corrected chi connectivity index (χ0v) is 8.86. The van der Waals surface area contributed by atoms with Crippen LogP contribution in [0.5, 0.6) is 0 Å². The number of aromatic carboxylic acids is 1.